The van der Waals surface area contributed by atoms with Crippen LogP contribution in [0.2, 0.25) is 0 Å². The summed E-state index contributed by atoms with van der Waals surface area (Å²) in [6.45, 7) is 5.90. The molecule has 0 N–H and O–H groups in total. The molecule has 0 amide bonds. The van der Waals surface area contributed by atoms with Crippen molar-refractivity contribution in [2.24, 2.45) is 0 Å². The fourth-order valence-corrected chi connectivity index (χ4v) is 2.19. The Kier molecular flexibility index (Phi) is 7.42. The van der Waals surface area contributed by atoms with Crippen molar-refractivity contribution in [3.63, 3.8) is 0 Å². The topological polar surface area (TPSA) is 20.3 Å². The fraction of sp³-hybridized carbons (Fsp3) is 0.588. The first-order valence-corrected chi connectivity index (χ1v) is 7.48. The van der Waals surface area contributed by atoms with E-state index in [0.717, 1.165) is 24.9 Å². The highest BCUT2D eigenvalue weighted by Gasteiger charge is 2.08. The SMILES string of the molecule is CCCCCN(C)CC(=O)c1ccc(CCC)cc1. The molecule has 2 heteroatoms. The van der Waals surface area contributed by atoms with Crippen LogP contribution in [-0.2, 0) is 6.42 Å². The molecule has 0 spiro atoms. The van der Waals surface area contributed by atoms with E-state index >= 15 is 0 Å². The number of benzene rings is 1. The van der Waals surface area contributed by atoms with Gasteiger partial charge in [-0.05, 0) is 32.0 Å². The van der Waals surface area contributed by atoms with Crippen LogP contribution in [0.25, 0.3) is 0 Å². The van der Waals surface area contributed by atoms with E-state index < -0.39 is 0 Å². The van der Waals surface area contributed by atoms with Gasteiger partial charge in [0.15, 0.2) is 5.78 Å². The molecule has 0 radical (unpaired) electrons. The maximum atomic E-state index is 12.1. The van der Waals surface area contributed by atoms with Gasteiger partial charge in [-0.3, -0.25) is 9.69 Å². The standard InChI is InChI=1S/C17H27NO/c1-4-6-7-13-18(3)14-17(19)16-11-9-15(8-5-2)10-12-16/h9-12H,4-8,13-14H2,1-3H3. The van der Waals surface area contributed by atoms with Crippen molar-refractivity contribution < 1.29 is 4.79 Å². The van der Waals surface area contributed by atoms with Gasteiger partial charge in [-0.25, -0.2) is 0 Å². The van der Waals surface area contributed by atoms with Crippen LogP contribution in [0, 0.1) is 0 Å². The number of Topliss-reactive ketones (excluding diaryl/α,β-unsaturated/α-hetero) is 1. The molecule has 0 aliphatic rings. The van der Waals surface area contributed by atoms with Crippen LogP contribution in [0.4, 0.5) is 0 Å². The molecule has 0 unspecified atom stereocenters. The lowest BCUT2D eigenvalue weighted by molar-refractivity contribution is 0.0945. The second kappa shape index (κ2) is 8.87. The van der Waals surface area contributed by atoms with E-state index in [1.807, 2.05) is 19.2 Å². The zero-order chi connectivity index (χ0) is 14.1. The van der Waals surface area contributed by atoms with Gasteiger partial charge in [0.2, 0.25) is 0 Å². The zero-order valence-corrected chi connectivity index (χ0v) is 12.6. The number of unbranched alkanes of at least 4 members (excludes halogenated alkanes) is 2. The van der Waals surface area contributed by atoms with Crippen molar-refractivity contribution in [1.29, 1.82) is 0 Å². The summed E-state index contributed by atoms with van der Waals surface area (Å²) < 4.78 is 0. The monoisotopic (exact) mass is 261 g/mol. The van der Waals surface area contributed by atoms with Gasteiger partial charge in [0.25, 0.3) is 0 Å². The van der Waals surface area contributed by atoms with Gasteiger partial charge < -0.3 is 0 Å². The third-order valence-corrected chi connectivity index (χ3v) is 3.37. The smallest absolute Gasteiger partial charge is 0.176 e. The van der Waals surface area contributed by atoms with Crippen LogP contribution in [0.3, 0.4) is 0 Å². The third kappa shape index (κ3) is 6.02. The highest BCUT2D eigenvalue weighted by molar-refractivity contribution is 5.97. The molecular formula is C17H27NO. The van der Waals surface area contributed by atoms with Crippen LogP contribution in [0.5, 0.6) is 0 Å². The Hall–Kier alpha value is -1.15. The summed E-state index contributed by atoms with van der Waals surface area (Å²) in [6, 6.07) is 8.09. The van der Waals surface area contributed by atoms with Gasteiger partial charge >= 0.3 is 0 Å². The summed E-state index contributed by atoms with van der Waals surface area (Å²) in [5.74, 6) is 0.224. The number of carbonyl (C=O) groups is 1. The molecule has 0 saturated heterocycles. The van der Waals surface area contributed by atoms with E-state index in [4.69, 9.17) is 0 Å². The maximum absolute atomic E-state index is 12.1. The molecule has 0 bridgehead atoms. The summed E-state index contributed by atoms with van der Waals surface area (Å²) in [5.41, 5.74) is 2.15. The van der Waals surface area contributed by atoms with Crippen molar-refractivity contribution in [1.82, 2.24) is 4.90 Å². The molecule has 2 nitrogen and oxygen atoms in total. The van der Waals surface area contributed by atoms with Gasteiger partial charge in [0.1, 0.15) is 0 Å². The quantitative estimate of drug-likeness (QED) is 0.495. The molecule has 106 valence electrons. The van der Waals surface area contributed by atoms with Crippen LogP contribution in [-0.4, -0.2) is 30.8 Å². The van der Waals surface area contributed by atoms with E-state index in [1.54, 1.807) is 0 Å². The first-order chi connectivity index (χ1) is 9.17. The number of nitrogens with zero attached hydrogens (tertiary/aromatic N) is 1. The van der Waals surface area contributed by atoms with Crippen LogP contribution in [0.15, 0.2) is 24.3 Å². The normalized spacial score (nSPS) is 10.9. The minimum absolute atomic E-state index is 0.224. The Morgan fingerprint density at radius 3 is 2.32 bits per heavy atom. The Labute approximate surface area is 117 Å². The van der Waals surface area contributed by atoms with Gasteiger partial charge in [-0.15, -0.1) is 0 Å². The zero-order valence-electron chi connectivity index (χ0n) is 12.6. The predicted molar refractivity (Wildman–Crippen MR) is 81.8 cm³/mol. The minimum Gasteiger partial charge on any atom is -0.299 e. The van der Waals surface area contributed by atoms with Crippen molar-refractivity contribution in [3.05, 3.63) is 35.4 Å². The predicted octanol–water partition coefficient (Wildman–Crippen LogP) is 3.94. The van der Waals surface area contributed by atoms with Gasteiger partial charge in [-0.1, -0.05) is 57.4 Å². The molecule has 0 aliphatic carbocycles. The number of carbonyl (C=O) groups excluding carboxylic acids is 1. The number of hydrogen-bond acceptors (Lipinski definition) is 2. The van der Waals surface area contributed by atoms with E-state index in [2.05, 4.69) is 30.9 Å². The molecule has 1 aromatic carbocycles. The first-order valence-electron chi connectivity index (χ1n) is 7.48. The van der Waals surface area contributed by atoms with E-state index in [9.17, 15) is 4.79 Å². The molecule has 0 fully saturated rings. The van der Waals surface area contributed by atoms with Crippen molar-refractivity contribution in [3.8, 4) is 0 Å². The Bertz CT molecular complexity index is 369. The number of hydrogen-bond donors (Lipinski definition) is 0. The van der Waals surface area contributed by atoms with E-state index in [-0.39, 0.29) is 5.78 Å². The number of likely N-dealkylation sites (N-methyl/N-ethyl adjacent to an activating group) is 1. The molecule has 0 heterocycles. The molecule has 0 atom stereocenters. The lowest BCUT2D eigenvalue weighted by atomic mass is 10.1. The highest BCUT2D eigenvalue weighted by atomic mass is 16.1. The highest BCUT2D eigenvalue weighted by Crippen LogP contribution is 2.08. The average molecular weight is 261 g/mol. The Morgan fingerprint density at radius 1 is 1.05 bits per heavy atom. The second-order valence-electron chi connectivity index (χ2n) is 5.31. The molecule has 0 aliphatic heterocycles. The summed E-state index contributed by atoms with van der Waals surface area (Å²) in [6.07, 6.45) is 5.87. The van der Waals surface area contributed by atoms with Crippen LogP contribution >= 0.6 is 0 Å². The first kappa shape index (κ1) is 15.9. The molecular weight excluding hydrogens is 234 g/mol. The summed E-state index contributed by atoms with van der Waals surface area (Å²) in [5, 5.41) is 0. The average Bonchev–Trinajstić information content (AvgIpc) is 2.40. The largest absolute Gasteiger partial charge is 0.299 e. The third-order valence-electron chi connectivity index (χ3n) is 3.37. The van der Waals surface area contributed by atoms with Crippen molar-refractivity contribution in [2.75, 3.05) is 20.1 Å². The van der Waals surface area contributed by atoms with E-state index in [1.165, 1.54) is 24.8 Å². The maximum Gasteiger partial charge on any atom is 0.176 e. The number of ketones is 1. The summed E-state index contributed by atoms with van der Waals surface area (Å²) in [7, 11) is 2.03. The van der Waals surface area contributed by atoms with E-state index in [0.29, 0.717) is 6.54 Å². The molecule has 1 aromatic rings. The number of aryl methyl sites for hydroxylation is 1. The van der Waals surface area contributed by atoms with Crippen LogP contribution in [0.1, 0.15) is 55.5 Å². The van der Waals surface area contributed by atoms with Crippen molar-refractivity contribution in [2.45, 2.75) is 46.0 Å². The lowest BCUT2D eigenvalue weighted by Gasteiger charge is -2.15. The number of rotatable bonds is 9. The Morgan fingerprint density at radius 2 is 1.74 bits per heavy atom. The summed E-state index contributed by atoms with van der Waals surface area (Å²) in [4.78, 5) is 14.2. The summed E-state index contributed by atoms with van der Waals surface area (Å²) >= 11 is 0. The van der Waals surface area contributed by atoms with Crippen LogP contribution < -0.4 is 0 Å². The lowest BCUT2D eigenvalue weighted by Crippen LogP contribution is -2.27. The molecule has 19 heavy (non-hydrogen) atoms. The second-order valence-corrected chi connectivity index (χ2v) is 5.31. The van der Waals surface area contributed by atoms with Gasteiger partial charge in [-0.2, -0.15) is 0 Å². The van der Waals surface area contributed by atoms with Gasteiger partial charge in [0, 0.05) is 5.56 Å². The minimum atomic E-state index is 0.224. The molecule has 0 saturated carbocycles. The molecule has 1 rings (SSSR count). The Balaban J connectivity index is 2.44. The molecule has 0 aromatic heterocycles. The van der Waals surface area contributed by atoms with Crippen molar-refractivity contribution >= 4 is 5.78 Å². The van der Waals surface area contributed by atoms with Gasteiger partial charge in [0.05, 0.1) is 6.54 Å². The fourth-order valence-electron chi connectivity index (χ4n) is 2.19.